The molecule has 0 unspecified atom stereocenters. The second kappa shape index (κ2) is 11.4. The normalized spacial score (nSPS) is 20.6. The molecule has 9 heteroatoms. The van der Waals surface area contributed by atoms with Crippen LogP contribution >= 0.6 is 11.6 Å². The number of rotatable bonds is 6. The maximum atomic E-state index is 13.2. The number of nitrogens with one attached hydrogen (secondary N) is 1. The molecule has 196 valence electrons. The second-order valence-electron chi connectivity index (χ2n) is 9.53. The number of carbonyl (C=O) groups excluding carboxylic acids is 3. The standard InChI is InChI=1S/C28H33ClN4O4/c1-5-37-27(35)24-23(31(4)28(36)30-25(24)21-7-6-8-22(29)15-21)17-32-13-14-33(19(3)16-32)26(34)20-11-9-18(2)10-12-20/h6-12,15,19,25H,5,13-14,16-17H2,1-4H3,(H,30,36)/t19-,25+/m0/s1. The Kier molecular flexibility index (Phi) is 8.19. The molecule has 0 bridgehead atoms. The molecular formula is C28H33ClN4O4. The molecule has 1 N–H and O–H groups in total. The monoisotopic (exact) mass is 524 g/mol. The molecule has 2 aliphatic heterocycles. The van der Waals surface area contributed by atoms with E-state index < -0.39 is 12.0 Å². The van der Waals surface area contributed by atoms with Gasteiger partial charge in [0.15, 0.2) is 0 Å². The van der Waals surface area contributed by atoms with E-state index in [0.717, 1.165) is 5.56 Å². The first-order valence-electron chi connectivity index (χ1n) is 12.5. The van der Waals surface area contributed by atoms with Gasteiger partial charge >= 0.3 is 12.0 Å². The predicted octanol–water partition coefficient (Wildman–Crippen LogP) is 4.01. The van der Waals surface area contributed by atoms with Gasteiger partial charge in [-0.3, -0.25) is 14.6 Å². The molecule has 0 radical (unpaired) electrons. The fourth-order valence-electron chi connectivity index (χ4n) is 4.89. The summed E-state index contributed by atoms with van der Waals surface area (Å²) in [5, 5.41) is 3.43. The number of esters is 1. The van der Waals surface area contributed by atoms with Crippen LogP contribution in [0.25, 0.3) is 0 Å². The van der Waals surface area contributed by atoms with E-state index in [4.69, 9.17) is 16.3 Å². The van der Waals surface area contributed by atoms with Crippen LogP contribution in [0, 0.1) is 6.92 Å². The third-order valence-corrected chi connectivity index (χ3v) is 7.13. The summed E-state index contributed by atoms with van der Waals surface area (Å²) in [7, 11) is 1.65. The summed E-state index contributed by atoms with van der Waals surface area (Å²) in [5.41, 5.74) is 3.45. The molecular weight excluding hydrogens is 492 g/mol. The zero-order chi connectivity index (χ0) is 26.7. The lowest BCUT2D eigenvalue weighted by molar-refractivity contribution is -0.139. The number of aryl methyl sites for hydroxylation is 1. The summed E-state index contributed by atoms with van der Waals surface area (Å²) in [6.07, 6.45) is 0. The minimum absolute atomic E-state index is 0.00811. The smallest absolute Gasteiger partial charge is 0.338 e. The minimum Gasteiger partial charge on any atom is -0.463 e. The Bertz CT molecular complexity index is 1210. The highest BCUT2D eigenvalue weighted by Crippen LogP contribution is 2.33. The van der Waals surface area contributed by atoms with Gasteiger partial charge in [-0.05, 0) is 50.6 Å². The number of benzene rings is 2. The van der Waals surface area contributed by atoms with E-state index in [1.807, 2.05) is 49.1 Å². The summed E-state index contributed by atoms with van der Waals surface area (Å²) in [6.45, 7) is 8.11. The zero-order valence-corrected chi connectivity index (χ0v) is 22.4. The van der Waals surface area contributed by atoms with Gasteiger partial charge in [-0.15, -0.1) is 0 Å². The van der Waals surface area contributed by atoms with Crippen molar-refractivity contribution in [2.45, 2.75) is 32.9 Å². The first-order valence-corrected chi connectivity index (χ1v) is 12.9. The lowest BCUT2D eigenvalue weighted by atomic mass is 9.94. The molecule has 2 aromatic carbocycles. The number of hydrogen-bond acceptors (Lipinski definition) is 5. The van der Waals surface area contributed by atoms with Gasteiger partial charge in [-0.1, -0.05) is 41.4 Å². The molecule has 8 nitrogen and oxygen atoms in total. The number of carbonyl (C=O) groups is 3. The number of halogens is 1. The molecule has 2 heterocycles. The number of hydrogen-bond donors (Lipinski definition) is 1. The van der Waals surface area contributed by atoms with Crippen molar-refractivity contribution in [2.24, 2.45) is 0 Å². The molecule has 0 aliphatic carbocycles. The number of amides is 3. The van der Waals surface area contributed by atoms with Gasteiger partial charge in [0.2, 0.25) is 0 Å². The average molecular weight is 525 g/mol. The van der Waals surface area contributed by atoms with Crippen LogP contribution in [0.4, 0.5) is 4.79 Å². The highest BCUT2D eigenvalue weighted by Gasteiger charge is 2.38. The van der Waals surface area contributed by atoms with E-state index in [0.29, 0.717) is 53.6 Å². The summed E-state index contributed by atoms with van der Waals surface area (Å²) in [6, 6.07) is 13.7. The molecule has 3 amide bonds. The molecule has 0 saturated carbocycles. The fourth-order valence-corrected chi connectivity index (χ4v) is 5.09. The molecule has 1 fully saturated rings. The van der Waals surface area contributed by atoms with Gasteiger partial charge in [0.1, 0.15) is 0 Å². The highest BCUT2D eigenvalue weighted by atomic mass is 35.5. The topological polar surface area (TPSA) is 82.2 Å². The van der Waals surface area contributed by atoms with Gasteiger partial charge in [0.05, 0.1) is 18.2 Å². The van der Waals surface area contributed by atoms with E-state index in [9.17, 15) is 14.4 Å². The van der Waals surface area contributed by atoms with Crippen molar-refractivity contribution in [3.63, 3.8) is 0 Å². The number of likely N-dealkylation sites (N-methyl/N-ethyl adjacent to an activating group) is 1. The Morgan fingerprint density at radius 3 is 2.51 bits per heavy atom. The van der Waals surface area contributed by atoms with Crippen molar-refractivity contribution in [2.75, 3.05) is 39.8 Å². The van der Waals surface area contributed by atoms with E-state index in [1.165, 1.54) is 4.90 Å². The van der Waals surface area contributed by atoms with Crippen LogP contribution in [0.1, 0.15) is 41.4 Å². The fraction of sp³-hybridized carbons (Fsp3) is 0.393. The Morgan fingerprint density at radius 2 is 1.86 bits per heavy atom. The maximum absolute atomic E-state index is 13.2. The first-order chi connectivity index (χ1) is 17.7. The first kappa shape index (κ1) is 26.7. The minimum atomic E-state index is -0.682. The summed E-state index contributed by atoms with van der Waals surface area (Å²) in [5.74, 6) is -0.468. The Morgan fingerprint density at radius 1 is 1.14 bits per heavy atom. The zero-order valence-electron chi connectivity index (χ0n) is 21.7. The Labute approximate surface area is 222 Å². The largest absolute Gasteiger partial charge is 0.463 e. The third kappa shape index (κ3) is 5.81. The maximum Gasteiger partial charge on any atom is 0.338 e. The van der Waals surface area contributed by atoms with E-state index in [-0.39, 0.29) is 24.6 Å². The molecule has 4 rings (SSSR count). The number of ether oxygens (including phenoxy) is 1. The van der Waals surface area contributed by atoms with Gasteiger partial charge in [0.25, 0.3) is 5.91 Å². The number of urea groups is 1. The van der Waals surface area contributed by atoms with Crippen LogP contribution < -0.4 is 5.32 Å². The van der Waals surface area contributed by atoms with Gasteiger partial charge in [0, 0.05) is 55.6 Å². The van der Waals surface area contributed by atoms with Crippen LogP contribution in [0.3, 0.4) is 0 Å². The van der Waals surface area contributed by atoms with Crippen molar-refractivity contribution in [1.82, 2.24) is 20.0 Å². The summed E-state index contributed by atoms with van der Waals surface area (Å²) >= 11 is 6.22. The molecule has 1 saturated heterocycles. The van der Waals surface area contributed by atoms with E-state index in [2.05, 4.69) is 10.2 Å². The number of nitrogens with zero attached hydrogens (tertiary/aromatic N) is 3. The van der Waals surface area contributed by atoms with Crippen molar-refractivity contribution in [3.05, 3.63) is 81.5 Å². The van der Waals surface area contributed by atoms with Crippen LogP contribution in [0.15, 0.2) is 59.8 Å². The van der Waals surface area contributed by atoms with Gasteiger partial charge < -0.3 is 15.0 Å². The molecule has 2 atom stereocenters. The van der Waals surface area contributed by atoms with Crippen LogP contribution in [0.5, 0.6) is 0 Å². The van der Waals surface area contributed by atoms with Crippen LogP contribution in [-0.4, -0.2) is 78.5 Å². The Hall–Kier alpha value is -3.36. The van der Waals surface area contributed by atoms with Crippen molar-refractivity contribution in [1.29, 1.82) is 0 Å². The van der Waals surface area contributed by atoms with Gasteiger partial charge in [-0.2, -0.15) is 0 Å². The van der Waals surface area contributed by atoms with Gasteiger partial charge in [-0.25, -0.2) is 9.59 Å². The van der Waals surface area contributed by atoms with Crippen molar-refractivity contribution < 1.29 is 19.1 Å². The van der Waals surface area contributed by atoms with E-state index >= 15 is 0 Å². The van der Waals surface area contributed by atoms with Crippen molar-refractivity contribution >= 4 is 29.5 Å². The average Bonchev–Trinajstić information content (AvgIpc) is 2.87. The molecule has 0 spiro atoms. The Balaban J connectivity index is 1.59. The molecule has 37 heavy (non-hydrogen) atoms. The number of piperazine rings is 1. The van der Waals surface area contributed by atoms with Crippen LogP contribution in [0.2, 0.25) is 5.02 Å². The quantitative estimate of drug-likeness (QED) is 0.577. The lowest BCUT2D eigenvalue weighted by Gasteiger charge is -2.42. The second-order valence-corrected chi connectivity index (χ2v) is 9.96. The molecule has 2 aromatic rings. The molecule has 2 aliphatic rings. The predicted molar refractivity (Wildman–Crippen MR) is 142 cm³/mol. The summed E-state index contributed by atoms with van der Waals surface area (Å²) in [4.78, 5) is 44.8. The van der Waals surface area contributed by atoms with Crippen molar-refractivity contribution in [3.8, 4) is 0 Å². The third-order valence-electron chi connectivity index (χ3n) is 6.90. The SMILES string of the molecule is CCOC(=O)C1=C(CN2CCN(C(=O)c3ccc(C)cc3)[C@@H](C)C2)N(C)C(=O)N[C@@H]1c1cccc(Cl)c1. The lowest BCUT2D eigenvalue weighted by Crippen LogP contribution is -2.56. The van der Waals surface area contributed by atoms with Crippen LogP contribution in [-0.2, 0) is 9.53 Å². The van der Waals surface area contributed by atoms with E-state index in [1.54, 1.807) is 32.2 Å². The highest BCUT2D eigenvalue weighted by molar-refractivity contribution is 6.30. The summed E-state index contributed by atoms with van der Waals surface area (Å²) < 4.78 is 5.41. The molecule has 0 aromatic heterocycles.